The van der Waals surface area contributed by atoms with Gasteiger partial charge in [-0.15, -0.1) is 0 Å². The van der Waals surface area contributed by atoms with Crippen molar-refractivity contribution in [2.45, 2.75) is 32.4 Å². The van der Waals surface area contributed by atoms with Crippen molar-refractivity contribution in [2.75, 3.05) is 0 Å². The first-order chi connectivity index (χ1) is 9.65. The second-order valence-corrected chi connectivity index (χ2v) is 6.09. The molecule has 0 aliphatic carbocycles. The van der Waals surface area contributed by atoms with Gasteiger partial charge in [0, 0.05) is 21.6 Å². The molecule has 0 bridgehead atoms. The maximum Gasteiger partial charge on any atom is 0.138 e. The smallest absolute Gasteiger partial charge is 0.138 e. The van der Waals surface area contributed by atoms with Crippen molar-refractivity contribution in [1.29, 1.82) is 0 Å². The second-order valence-electron chi connectivity index (χ2n) is 4.49. The first kappa shape index (κ1) is 15.7. The molecule has 0 radical (unpaired) electrons. The lowest BCUT2D eigenvalue weighted by Gasteiger charge is -2.18. The van der Waals surface area contributed by atoms with Crippen molar-refractivity contribution < 1.29 is 0 Å². The molecular weight excluding hydrogens is 389 g/mol. The van der Waals surface area contributed by atoms with Crippen LogP contribution < -0.4 is 11.3 Å². The third kappa shape index (κ3) is 3.69. The maximum atomic E-state index is 6.08. The molecule has 2 rings (SSSR count). The van der Waals surface area contributed by atoms with Gasteiger partial charge in [0.1, 0.15) is 12.2 Å². The Morgan fingerprint density at radius 3 is 3.00 bits per heavy atom. The number of benzene rings is 1. The summed E-state index contributed by atoms with van der Waals surface area (Å²) in [5, 5.41) is 4.94. The SMILES string of the molecule is CCCn1ncnc1CC(NN)c1cc(Cl)ccc1I. The fraction of sp³-hybridized carbons (Fsp3) is 0.385. The molecule has 1 heterocycles. The average molecular weight is 406 g/mol. The molecule has 0 saturated heterocycles. The van der Waals surface area contributed by atoms with Crippen LogP contribution in [0.4, 0.5) is 0 Å². The summed E-state index contributed by atoms with van der Waals surface area (Å²) < 4.78 is 3.04. The molecule has 0 amide bonds. The van der Waals surface area contributed by atoms with Crippen LogP contribution in [0.5, 0.6) is 0 Å². The molecule has 1 atom stereocenters. The summed E-state index contributed by atoms with van der Waals surface area (Å²) in [5.41, 5.74) is 3.93. The number of aryl methyl sites for hydroxylation is 1. The second kappa shape index (κ2) is 7.35. The van der Waals surface area contributed by atoms with Crippen molar-refractivity contribution in [2.24, 2.45) is 5.84 Å². The number of hydrogen-bond acceptors (Lipinski definition) is 4. The Morgan fingerprint density at radius 1 is 1.50 bits per heavy atom. The lowest BCUT2D eigenvalue weighted by atomic mass is 10.0. The number of hydrogen-bond donors (Lipinski definition) is 2. The summed E-state index contributed by atoms with van der Waals surface area (Å²) in [6.07, 6.45) is 3.28. The highest BCUT2D eigenvalue weighted by Crippen LogP contribution is 2.25. The minimum Gasteiger partial charge on any atom is -0.271 e. The fourth-order valence-corrected chi connectivity index (χ4v) is 2.96. The predicted octanol–water partition coefficient (Wildman–Crippen LogP) is 2.69. The molecule has 2 aromatic rings. The average Bonchev–Trinajstić information content (AvgIpc) is 2.87. The highest BCUT2D eigenvalue weighted by Gasteiger charge is 2.17. The molecule has 0 aliphatic rings. The van der Waals surface area contributed by atoms with E-state index in [0.29, 0.717) is 11.4 Å². The van der Waals surface area contributed by atoms with E-state index in [9.17, 15) is 0 Å². The van der Waals surface area contributed by atoms with Gasteiger partial charge in [0.25, 0.3) is 0 Å². The number of nitrogens with zero attached hydrogens (tertiary/aromatic N) is 3. The van der Waals surface area contributed by atoms with Crippen molar-refractivity contribution in [3.05, 3.63) is 44.5 Å². The molecule has 1 aromatic heterocycles. The van der Waals surface area contributed by atoms with Crippen LogP contribution in [0.25, 0.3) is 0 Å². The third-order valence-electron chi connectivity index (χ3n) is 3.05. The van der Waals surface area contributed by atoms with Gasteiger partial charge in [-0.2, -0.15) is 5.10 Å². The molecule has 0 fully saturated rings. The number of nitrogens with one attached hydrogen (secondary N) is 1. The van der Waals surface area contributed by atoms with E-state index in [1.54, 1.807) is 6.33 Å². The molecule has 20 heavy (non-hydrogen) atoms. The first-order valence-electron chi connectivity index (χ1n) is 6.43. The van der Waals surface area contributed by atoms with E-state index in [2.05, 4.69) is 45.0 Å². The Bertz CT molecular complexity index is 572. The molecule has 0 saturated carbocycles. The van der Waals surface area contributed by atoms with Crippen LogP contribution in [0.2, 0.25) is 5.02 Å². The highest BCUT2D eigenvalue weighted by molar-refractivity contribution is 14.1. The van der Waals surface area contributed by atoms with E-state index in [4.69, 9.17) is 17.4 Å². The summed E-state index contributed by atoms with van der Waals surface area (Å²) in [4.78, 5) is 4.32. The number of nitrogens with two attached hydrogens (primary N) is 1. The van der Waals surface area contributed by atoms with E-state index in [1.807, 2.05) is 22.9 Å². The Hall–Kier alpha value is -0.700. The Labute approximate surface area is 137 Å². The van der Waals surface area contributed by atoms with Crippen LogP contribution in [0, 0.1) is 3.57 Å². The van der Waals surface area contributed by atoms with Crippen molar-refractivity contribution in [1.82, 2.24) is 20.2 Å². The zero-order chi connectivity index (χ0) is 14.5. The highest BCUT2D eigenvalue weighted by atomic mass is 127. The van der Waals surface area contributed by atoms with Crippen molar-refractivity contribution >= 4 is 34.2 Å². The molecule has 0 spiro atoms. The molecule has 1 aromatic carbocycles. The van der Waals surface area contributed by atoms with Gasteiger partial charge in [-0.1, -0.05) is 18.5 Å². The third-order valence-corrected chi connectivity index (χ3v) is 4.27. The maximum absolute atomic E-state index is 6.08. The molecule has 0 aliphatic heterocycles. The lowest BCUT2D eigenvalue weighted by Crippen LogP contribution is -2.31. The van der Waals surface area contributed by atoms with Crippen LogP contribution in [0.15, 0.2) is 24.5 Å². The van der Waals surface area contributed by atoms with E-state index in [-0.39, 0.29) is 6.04 Å². The van der Waals surface area contributed by atoms with Gasteiger partial charge in [-0.3, -0.25) is 16.0 Å². The Kier molecular flexibility index (Phi) is 5.76. The van der Waals surface area contributed by atoms with Crippen molar-refractivity contribution in [3.8, 4) is 0 Å². The molecule has 108 valence electrons. The zero-order valence-corrected chi connectivity index (χ0v) is 14.1. The fourth-order valence-electron chi connectivity index (χ4n) is 2.07. The van der Waals surface area contributed by atoms with Crippen molar-refractivity contribution in [3.63, 3.8) is 0 Å². The number of rotatable bonds is 6. The van der Waals surface area contributed by atoms with Gasteiger partial charge in [0.05, 0.1) is 6.04 Å². The first-order valence-corrected chi connectivity index (χ1v) is 7.89. The topological polar surface area (TPSA) is 68.8 Å². The van der Waals surface area contributed by atoms with Crippen LogP contribution in [0.1, 0.15) is 30.8 Å². The normalized spacial score (nSPS) is 12.6. The summed E-state index contributed by atoms with van der Waals surface area (Å²) in [6.45, 7) is 2.98. The van der Waals surface area contributed by atoms with E-state index < -0.39 is 0 Å². The molecule has 3 N–H and O–H groups in total. The van der Waals surface area contributed by atoms with Gasteiger partial charge in [0.15, 0.2) is 0 Å². The molecular formula is C13H17ClIN5. The number of aromatic nitrogens is 3. The minimum atomic E-state index is -0.0413. The Balaban J connectivity index is 2.24. The van der Waals surface area contributed by atoms with Gasteiger partial charge in [-0.25, -0.2) is 4.98 Å². The van der Waals surface area contributed by atoms with Crippen LogP contribution in [-0.2, 0) is 13.0 Å². The van der Waals surface area contributed by atoms with Crippen LogP contribution >= 0.6 is 34.2 Å². The molecule has 7 heteroatoms. The molecule has 1 unspecified atom stereocenters. The van der Waals surface area contributed by atoms with Gasteiger partial charge < -0.3 is 0 Å². The number of hydrazine groups is 1. The summed E-state index contributed by atoms with van der Waals surface area (Å²) in [7, 11) is 0. The predicted molar refractivity (Wildman–Crippen MR) is 88.3 cm³/mol. The van der Waals surface area contributed by atoms with Gasteiger partial charge >= 0.3 is 0 Å². The lowest BCUT2D eigenvalue weighted by molar-refractivity contribution is 0.498. The summed E-state index contributed by atoms with van der Waals surface area (Å²) >= 11 is 8.36. The molecule has 5 nitrogen and oxygen atoms in total. The quantitative estimate of drug-likeness (QED) is 0.440. The summed E-state index contributed by atoms with van der Waals surface area (Å²) in [6, 6.07) is 5.76. The standard InChI is InChI=1S/C13H17ClIN5/c1-2-5-20-13(17-8-18-20)7-12(19-16)10-6-9(14)3-4-11(10)15/h3-4,6,8,12,19H,2,5,7,16H2,1H3. The van der Waals surface area contributed by atoms with E-state index in [1.165, 1.54) is 0 Å². The summed E-state index contributed by atoms with van der Waals surface area (Å²) in [5.74, 6) is 6.63. The van der Waals surface area contributed by atoms with Crippen LogP contribution in [-0.4, -0.2) is 14.8 Å². The van der Waals surface area contributed by atoms with E-state index >= 15 is 0 Å². The monoisotopic (exact) mass is 405 g/mol. The zero-order valence-electron chi connectivity index (χ0n) is 11.2. The number of halogens is 2. The minimum absolute atomic E-state index is 0.0413. The van der Waals surface area contributed by atoms with E-state index in [0.717, 1.165) is 27.9 Å². The van der Waals surface area contributed by atoms with Gasteiger partial charge in [0.2, 0.25) is 0 Å². The Morgan fingerprint density at radius 2 is 2.30 bits per heavy atom. The van der Waals surface area contributed by atoms with Gasteiger partial charge in [-0.05, 0) is 52.8 Å². The van der Waals surface area contributed by atoms with Crippen LogP contribution in [0.3, 0.4) is 0 Å². The largest absolute Gasteiger partial charge is 0.271 e.